The van der Waals surface area contributed by atoms with Crippen LogP contribution in [0.4, 0.5) is 0 Å². The van der Waals surface area contributed by atoms with Gasteiger partial charge in [0, 0.05) is 13.0 Å². The van der Waals surface area contributed by atoms with Gasteiger partial charge in [0.15, 0.2) is 0 Å². The number of imidazole rings is 1. The largest absolute Gasteiger partial charge is 0.462 e. The first-order valence-electron chi connectivity index (χ1n) is 6.06. The zero-order chi connectivity index (χ0) is 12.7. The number of aryl methyl sites for hydroxylation is 2. The Morgan fingerprint density at radius 3 is 3.17 bits per heavy atom. The van der Waals surface area contributed by atoms with Crippen molar-refractivity contribution in [3.63, 3.8) is 0 Å². The molecule has 1 aromatic heterocycles. The van der Waals surface area contributed by atoms with Gasteiger partial charge in [-0.2, -0.15) is 0 Å². The van der Waals surface area contributed by atoms with Crippen molar-refractivity contribution < 1.29 is 9.53 Å². The molecule has 2 heterocycles. The fraction of sp³-hybridized carbons (Fsp3) is 0.385. The van der Waals surface area contributed by atoms with E-state index in [1.54, 1.807) is 13.0 Å². The Bertz CT molecular complexity index is 633. The molecule has 0 bridgehead atoms. The van der Waals surface area contributed by atoms with Gasteiger partial charge in [-0.15, -0.1) is 0 Å². The van der Waals surface area contributed by atoms with Gasteiger partial charge in [-0.05, 0) is 25.5 Å². The summed E-state index contributed by atoms with van der Waals surface area (Å²) >= 11 is 6.15. The number of halogens is 1. The summed E-state index contributed by atoms with van der Waals surface area (Å²) in [6.45, 7) is 3.09. The van der Waals surface area contributed by atoms with Crippen LogP contribution in [0.3, 0.4) is 0 Å². The van der Waals surface area contributed by atoms with Crippen LogP contribution in [0.2, 0.25) is 5.02 Å². The second-order valence-corrected chi connectivity index (χ2v) is 4.73. The number of carbonyl (C=O) groups excluding carboxylic acids is 1. The number of nitrogens with zero attached hydrogens (tertiary/aromatic N) is 2. The molecular formula is C13H13ClN2O2. The minimum absolute atomic E-state index is 0.340. The Hall–Kier alpha value is -1.55. The highest BCUT2D eigenvalue weighted by Gasteiger charge is 2.20. The van der Waals surface area contributed by atoms with E-state index in [0.29, 0.717) is 17.2 Å². The molecule has 0 unspecified atom stereocenters. The van der Waals surface area contributed by atoms with Crippen LogP contribution in [0.1, 0.15) is 29.5 Å². The Morgan fingerprint density at radius 2 is 2.39 bits per heavy atom. The molecule has 4 nitrogen and oxygen atoms in total. The first kappa shape index (κ1) is 11.5. The molecule has 2 aromatic rings. The van der Waals surface area contributed by atoms with Crippen LogP contribution in [0, 0.1) is 0 Å². The molecule has 0 saturated carbocycles. The highest BCUT2D eigenvalue weighted by Crippen LogP contribution is 2.28. The fourth-order valence-corrected chi connectivity index (χ4v) is 2.63. The molecule has 0 spiro atoms. The van der Waals surface area contributed by atoms with Gasteiger partial charge in [0.2, 0.25) is 0 Å². The lowest BCUT2D eigenvalue weighted by Crippen LogP contribution is -2.05. The van der Waals surface area contributed by atoms with Crippen molar-refractivity contribution in [1.82, 2.24) is 9.55 Å². The van der Waals surface area contributed by atoms with Crippen molar-refractivity contribution in [1.29, 1.82) is 0 Å². The zero-order valence-corrected chi connectivity index (χ0v) is 10.8. The quantitative estimate of drug-likeness (QED) is 0.784. The minimum atomic E-state index is -0.391. The topological polar surface area (TPSA) is 44.1 Å². The van der Waals surface area contributed by atoms with E-state index in [-0.39, 0.29) is 0 Å². The predicted molar refractivity (Wildman–Crippen MR) is 69.0 cm³/mol. The van der Waals surface area contributed by atoms with Crippen molar-refractivity contribution in [3.8, 4) is 0 Å². The van der Waals surface area contributed by atoms with Crippen molar-refractivity contribution >= 4 is 28.6 Å². The number of aromatic nitrogens is 2. The second kappa shape index (κ2) is 4.28. The molecule has 0 aliphatic carbocycles. The number of carbonyl (C=O) groups is 1. The highest BCUT2D eigenvalue weighted by atomic mass is 35.5. The molecule has 0 N–H and O–H groups in total. The third-order valence-corrected chi connectivity index (χ3v) is 3.51. The number of benzene rings is 1. The second-order valence-electron chi connectivity index (χ2n) is 4.32. The number of ether oxygens (including phenoxy) is 1. The van der Waals surface area contributed by atoms with Crippen LogP contribution >= 0.6 is 11.6 Å². The molecule has 94 valence electrons. The van der Waals surface area contributed by atoms with Gasteiger partial charge in [-0.1, -0.05) is 11.6 Å². The van der Waals surface area contributed by atoms with Crippen LogP contribution < -0.4 is 0 Å². The monoisotopic (exact) mass is 264 g/mol. The van der Waals surface area contributed by atoms with Gasteiger partial charge in [-0.25, -0.2) is 9.78 Å². The Balaban J connectivity index is 2.13. The van der Waals surface area contributed by atoms with Crippen molar-refractivity contribution in [2.45, 2.75) is 26.3 Å². The maximum Gasteiger partial charge on any atom is 0.339 e. The van der Waals surface area contributed by atoms with E-state index in [2.05, 4.69) is 9.55 Å². The Morgan fingerprint density at radius 1 is 1.56 bits per heavy atom. The lowest BCUT2D eigenvalue weighted by atomic mass is 10.2. The number of rotatable bonds is 2. The molecule has 1 aliphatic heterocycles. The van der Waals surface area contributed by atoms with E-state index >= 15 is 0 Å². The highest BCUT2D eigenvalue weighted by molar-refractivity contribution is 6.34. The summed E-state index contributed by atoms with van der Waals surface area (Å²) in [5.74, 6) is 0.680. The molecule has 0 fully saturated rings. The van der Waals surface area contributed by atoms with E-state index in [1.165, 1.54) is 0 Å². The molecule has 5 heteroatoms. The standard InChI is InChI=1S/C13H13ClN2O2/c1-2-18-13(17)8-6-10-11(7-9(8)14)16-5-3-4-12(16)15-10/h6-7H,2-5H2,1H3. The average molecular weight is 265 g/mol. The summed E-state index contributed by atoms with van der Waals surface area (Å²) in [6.07, 6.45) is 2.11. The van der Waals surface area contributed by atoms with Gasteiger partial charge in [0.25, 0.3) is 0 Å². The van der Waals surface area contributed by atoms with Crippen LogP contribution in [-0.2, 0) is 17.7 Å². The summed E-state index contributed by atoms with van der Waals surface area (Å²) in [4.78, 5) is 16.3. The van der Waals surface area contributed by atoms with Gasteiger partial charge >= 0.3 is 5.97 Å². The van der Waals surface area contributed by atoms with Crippen LogP contribution in [0.15, 0.2) is 12.1 Å². The first-order chi connectivity index (χ1) is 8.70. The minimum Gasteiger partial charge on any atom is -0.462 e. The molecular weight excluding hydrogens is 252 g/mol. The predicted octanol–water partition coefficient (Wildman–Crippen LogP) is 2.81. The molecule has 1 aromatic carbocycles. The number of fused-ring (bicyclic) bond motifs is 3. The number of esters is 1. The van der Waals surface area contributed by atoms with Gasteiger partial charge in [0.05, 0.1) is 28.2 Å². The fourth-order valence-electron chi connectivity index (χ4n) is 2.40. The van der Waals surface area contributed by atoms with E-state index in [0.717, 1.165) is 36.2 Å². The lowest BCUT2D eigenvalue weighted by Gasteiger charge is -2.05. The molecule has 18 heavy (non-hydrogen) atoms. The zero-order valence-electron chi connectivity index (χ0n) is 10.1. The maximum atomic E-state index is 11.7. The smallest absolute Gasteiger partial charge is 0.339 e. The van der Waals surface area contributed by atoms with Crippen LogP contribution in [-0.4, -0.2) is 22.1 Å². The third kappa shape index (κ3) is 1.68. The van der Waals surface area contributed by atoms with Gasteiger partial charge in [-0.3, -0.25) is 0 Å². The molecule has 1 aliphatic rings. The van der Waals surface area contributed by atoms with Crippen molar-refractivity contribution in [3.05, 3.63) is 28.5 Å². The first-order valence-corrected chi connectivity index (χ1v) is 6.44. The third-order valence-electron chi connectivity index (χ3n) is 3.19. The summed E-state index contributed by atoms with van der Waals surface area (Å²) < 4.78 is 7.14. The Labute approximate surface area is 110 Å². The van der Waals surface area contributed by atoms with E-state index in [1.807, 2.05) is 6.07 Å². The number of hydrogen-bond acceptors (Lipinski definition) is 3. The van der Waals surface area contributed by atoms with E-state index in [4.69, 9.17) is 16.3 Å². The van der Waals surface area contributed by atoms with Gasteiger partial charge in [0.1, 0.15) is 5.82 Å². The maximum absolute atomic E-state index is 11.7. The van der Waals surface area contributed by atoms with Crippen LogP contribution in [0.5, 0.6) is 0 Å². The van der Waals surface area contributed by atoms with Crippen LogP contribution in [0.25, 0.3) is 11.0 Å². The molecule has 0 radical (unpaired) electrons. The summed E-state index contributed by atoms with van der Waals surface area (Å²) in [5.41, 5.74) is 2.21. The summed E-state index contributed by atoms with van der Waals surface area (Å²) in [5, 5.41) is 0.426. The lowest BCUT2D eigenvalue weighted by molar-refractivity contribution is 0.0526. The SMILES string of the molecule is CCOC(=O)c1cc2nc3n(c2cc1Cl)CCC3. The Kier molecular flexibility index (Phi) is 2.74. The normalized spacial score (nSPS) is 13.9. The van der Waals surface area contributed by atoms with Crippen molar-refractivity contribution in [2.24, 2.45) is 0 Å². The number of hydrogen-bond donors (Lipinski definition) is 0. The molecule has 0 atom stereocenters. The van der Waals surface area contributed by atoms with Crippen molar-refractivity contribution in [2.75, 3.05) is 6.61 Å². The summed E-state index contributed by atoms with van der Waals surface area (Å²) in [6, 6.07) is 3.53. The molecule has 3 rings (SSSR count). The molecule has 0 amide bonds. The van der Waals surface area contributed by atoms with E-state index < -0.39 is 5.97 Å². The molecule has 0 saturated heterocycles. The summed E-state index contributed by atoms with van der Waals surface area (Å²) in [7, 11) is 0. The average Bonchev–Trinajstić information content (AvgIpc) is 2.89. The van der Waals surface area contributed by atoms with E-state index in [9.17, 15) is 4.79 Å². The van der Waals surface area contributed by atoms with Gasteiger partial charge < -0.3 is 9.30 Å².